The predicted octanol–water partition coefficient (Wildman–Crippen LogP) is 1.51. The molecule has 9 heteroatoms. The van der Waals surface area contributed by atoms with Gasteiger partial charge in [-0.2, -0.15) is 0 Å². The summed E-state index contributed by atoms with van der Waals surface area (Å²) in [4.78, 5) is 52.9. The monoisotopic (exact) mass is 445 g/mol. The Morgan fingerprint density at radius 3 is 2.25 bits per heavy atom. The second-order valence-corrected chi connectivity index (χ2v) is 8.77. The number of likely N-dealkylation sites (tertiary alicyclic amines) is 1. The quantitative estimate of drug-likeness (QED) is 0.657. The van der Waals surface area contributed by atoms with E-state index in [-0.39, 0.29) is 36.6 Å². The molecule has 0 aliphatic carbocycles. The number of piperidine rings is 1. The molecule has 0 aromatic heterocycles. The van der Waals surface area contributed by atoms with Crippen LogP contribution in [0.25, 0.3) is 0 Å². The predicted molar refractivity (Wildman–Crippen MR) is 117 cm³/mol. The van der Waals surface area contributed by atoms with Gasteiger partial charge in [0, 0.05) is 31.7 Å². The van der Waals surface area contributed by atoms with Crippen LogP contribution in [0.5, 0.6) is 5.75 Å². The van der Waals surface area contributed by atoms with E-state index in [4.69, 9.17) is 9.84 Å². The van der Waals surface area contributed by atoms with Crippen LogP contribution in [0.15, 0.2) is 24.3 Å². The number of benzene rings is 1. The molecule has 2 aliphatic heterocycles. The Morgan fingerprint density at radius 1 is 1.09 bits per heavy atom. The third kappa shape index (κ3) is 5.20. The van der Waals surface area contributed by atoms with Crippen LogP contribution in [0, 0.1) is 17.8 Å². The van der Waals surface area contributed by atoms with Crippen LogP contribution in [-0.2, 0) is 19.2 Å². The average molecular weight is 446 g/mol. The Kier molecular flexibility index (Phi) is 7.37. The van der Waals surface area contributed by atoms with Gasteiger partial charge in [0.15, 0.2) is 0 Å². The van der Waals surface area contributed by atoms with Crippen molar-refractivity contribution in [2.45, 2.75) is 39.2 Å². The fraction of sp³-hybridized carbons (Fsp3) is 0.565. The van der Waals surface area contributed by atoms with Crippen molar-refractivity contribution in [2.75, 3.05) is 31.6 Å². The highest BCUT2D eigenvalue weighted by Crippen LogP contribution is 2.27. The van der Waals surface area contributed by atoms with Crippen molar-refractivity contribution in [3.63, 3.8) is 0 Å². The van der Waals surface area contributed by atoms with Crippen LogP contribution in [0.2, 0.25) is 0 Å². The van der Waals surface area contributed by atoms with E-state index in [2.05, 4.69) is 5.32 Å². The maximum atomic E-state index is 13.1. The summed E-state index contributed by atoms with van der Waals surface area (Å²) in [5.41, 5.74) is 0.698. The molecule has 2 saturated heterocycles. The molecular weight excluding hydrogens is 414 g/mol. The van der Waals surface area contributed by atoms with Gasteiger partial charge in [0.25, 0.3) is 0 Å². The Morgan fingerprint density at radius 2 is 1.72 bits per heavy atom. The zero-order valence-corrected chi connectivity index (χ0v) is 18.7. The molecule has 0 bridgehead atoms. The number of amides is 3. The topological polar surface area (TPSA) is 116 Å². The molecule has 3 amide bonds. The number of carboxylic acids is 1. The summed E-state index contributed by atoms with van der Waals surface area (Å²) in [7, 11) is 1.57. The number of nitrogens with zero attached hydrogens (tertiary/aromatic N) is 2. The summed E-state index contributed by atoms with van der Waals surface area (Å²) >= 11 is 0. The van der Waals surface area contributed by atoms with Crippen LogP contribution in [0.4, 0.5) is 5.69 Å². The number of carbonyl (C=O) groups is 4. The average Bonchev–Trinajstić information content (AvgIpc) is 3.18. The van der Waals surface area contributed by atoms with Crippen molar-refractivity contribution in [3.8, 4) is 5.75 Å². The molecular formula is C23H31N3O6. The largest absolute Gasteiger partial charge is 0.497 e. The van der Waals surface area contributed by atoms with E-state index in [1.165, 1.54) is 0 Å². The van der Waals surface area contributed by atoms with Gasteiger partial charge in [0.1, 0.15) is 11.8 Å². The molecule has 32 heavy (non-hydrogen) atoms. The number of hydrogen-bond donors (Lipinski definition) is 2. The minimum absolute atomic E-state index is 0.0842. The number of nitrogens with one attached hydrogen (secondary N) is 1. The number of carbonyl (C=O) groups excluding carboxylic acids is 3. The van der Waals surface area contributed by atoms with Gasteiger partial charge in [0.2, 0.25) is 17.7 Å². The smallest absolute Gasteiger partial charge is 0.306 e. The molecule has 9 nitrogen and oxygen atoms in total. The van der Waals surface area contributed by atoms with Gasteiger partial charge in [-0.15, -0.1) is 0 Å². The number of anilines is 1. The summed E-state index contributed by atoms with van der Waals surface area (Å²) in [6.07, 6.45) is 0.905. The van der Waals surface area contributed by atoms with E-state index in [1.54, 1.807) is 41.2 Å². The molecule has 1 aromatic carbocycles. The molecule has 0 spiro atoms. The molecule has 2 heterocycles. The number of hydrogen-bond acceptors (Lipinski definition) is 5. The highest BCUT2D eigenvalue weighted by molar-refractivity contribution is 6.01. The highest BCUT2D eigenvalue weighted by Gasteiger charge is 2.38. The Balaban J connectivity index is 1.61. The number of rotatable bonds is 7. The zero-order chi connectivity index (χ0) is 23.4. The van der Waals surface area contributed by atoms with E-state index >= 15 is 0 Å². The number of aliphatic carboxylic acids is 1. The second-order valence-electron chi connectivity index (χ2n) is 8.77. The highest BCUT2D eigenvalue weighted by atomic mass is 16.5. The Hall–Kier alpha value is -3.10. The fourth-order valence-corrected chi connectivity index (χ4v) is 4.22. The first-order valence-electron chi connectivity index (χ1n) is 11.0. The van der Waals surface area contributed by atoms with E-state index in [1.807, 2.05) is 13.8 Å². The normalized spacial score (nSPS) is 20.4. The number of carboxylic acid groups (broad SMARTS) is 1. The lowest BCUT2D eigenvalue weighted by Gasteiger charge is -2.34. The summed E-state index contributed by atoms with van der Waals surface area (Å²) in [5.74, 6) is -1.93. The molecule has 2 fully saturated rings. The van der Waals surface area contributed by atoms with Crippen molar-refractivity contribution < 1.29 is 29.0 Å². The van der Waals surface area contributed by atoms with Gasteiger partial charge in [-0.05, 0) is 43.0 Å². The fourth-order valence-electron chi connectivity index (χ4n) is 4.22. The minimum Gasteiger partial charge on any atom is -0.497 e. The van der Waals surface area contributed by atoms with Gasteiger partial charge in [-0.25, -0.2) is 0 Å². The van der Waals surface area contributed by atoms with Crippen molar-refractivity contribution in [2.24, 2.45) is 17.8 Å². The molecule has 2 atom stereocenters. The lowest BCUT2D eigenvalue weighted by Crippen LogP contribution is -2.54. The lowest BCUT2D eigenvalue weighted by molar-refractivity contribution is -0.146. The lowest BCUT2D eigenvalue weighted by atomic mass is 9.95. The Labute approximate surface area is 187 Å². The maximum absolute atomic E-state index is 13.1. The van der Waals surface area contributed by atoms with Crippen LogP contribution in [0.1, 0.15) is 33.1 Å². The minimum atomic E-state index is -0.835. The van der Waals surface area contributed by atoms with Gasteiger partial charge < -0.3 is 25.0 Å². The van der Waals surface area contributed by atoms with Crippen LogP contribution in [-0.4, -0.2) is 66.5 Å². The SMILES string of the molecule is COc1ccc(N2C[C@@H](C(=O)N[C@H](C(=O)N3CCC(C(=O)O)CC3)C(C)C)CC2=O)cc1. The number of ether oxygens (including phenoxy) is 1. The molecule has 0 radical (unpaired) electrons. The van der Waals surface area contributed by atoms with Crippen LogP contribution >= 0.6 is 0 Å². The third-order valence-electron chi connectivity index (χ3n) is 6.27. The zero-order valence-electron chi connectivity index (χ0n) is 18.7. The molecule has 3 rings (SSSR count). The van der Waals surface area contributed by atoms with Crippen molar-refractivity contribution >= 4 is 29.4 Å². The molecule has 0 unspecified atom stereocenters. The second kappa shape index (κ2) is 10.0. The van der Waals surface area contributed by atoms with E-state index in [9.17, 15) is 19.2 Å². The molecule has 1 aromatic rings. The van der Waals surface area contributed by atoms with E-state index < -0.39 is 23.8 Å². The van der Waals surface area contributed by atoms with E-state index in [0.29, 0.717) is 37.4 Å². The molecule has 174 valence electrons. The maximum Gasteiger partial charge on any atom is 0.306 e. The summed E-state index contributed by atoms with van der Waals surface area (Å²) < 4.78 is 5.14. The van der Waals surface area contributed by atoms with Gasteiger partial charge in [0.05, 0.1) is 18.9 Å². The Bertz CT molecular complexity index is 861. The number of methoxy groups -OCH3 is 1. The summed E-state index contributed by atoms with van der Waals surface area (Å²) in [6.45, 7) is 4.69. The van der Waals surface area contributed by atoms with Gasteiger partial charge in [-0.1, -0.05) is 13.8 Å². The first-order valence-corrected chi connectivity index (χ1v) is 11.0. The summed E-state index contributed by atoms with van der Waals surface area (Å²) in [5, 5.41) is 12.0. The first kappa shape index (κ1) is 23.6. The van der Waals surface area contributed by atoms with Crippen molar-refractivity contribution in [3.05, 3.63) is 24.3 Å². The van der Waals surface area contributed by atoms with Gasteiger partial charge >= 0.3 is 5.97 Å². The van der Waals surface area contributed by atoms with E-state index in [0.717, 1.165) is 0 Å². The van der Waals surface area contributed by atoms with Crippen molar-refractivity contribution in [1.82, 2.24) is 10.2 Å². The first-order chi connectivity index (χ1) is 15.2. The van der Waals surface area contributed by atoms with Crippen LogP contribution < -0.4 is 15.0 Å². The standard InChI is InChI=1S/C23H31N3O6/c1-14(2)20(22(29)25-10-8-15(9-11-25)23(30)31)24-21(28)16-12-19(27)26(13-16)17-4-6-18(32-3)7-5-17/h4-7,14-16,20H,8-13H2,1-3H3,(H,24,28)(H,30,31)/t16-,20-/m0/s1. The molecule has 2 N–H and O–H groups in total. The third-order valence-corrected chi connectivity index (χ3v) is 6.27. The van der Waals surface area contributed by atoms with Gasteiger partial charge in [-0.3, -0.25) is 19.2 Å². The molecule has 0 saturated carbocycles. The van der Waals surface area contributed by atoms with Crippen molar-refractivity contribution in [1.29, 1.82) is 0 Å². The molecule has 2 aliphatic rings. The van der Waals surface area contributed by atoms with Crippen LogP contribution in [0.3, 0.4) is 0 Å². The summed E-state index contributed by atoms with van der Waals surface area (Å²) in [6, 6.07) is 6.36.